The summed E-state index contributed by atoms with van der Waals surface area (Å²) in [7, 11) is 5.59. The van der Waals surface area contributed by atoms with Crippen molar-refractivity contribution < 1.29 is 4.74 Å². The van der Waals surface area contributed by atoms with Crippen LogP contribution in [-0.2, 0) is 0 Å². The molecule has 0 radical (unpaired) electrons. The van der Waals surface area contributed by atoms with Gasteiger partial charge in [0.25, 0.3) is 0 Å². The average Bonchev–Trinajstić information content (AvgIpc) is 2.18. The second-order valence-electron chi connectivity index (χ2n) is 3.78. The maximum absolute atomic E-state index is 5.53. The number of hydrazine groups is 1. The standard InChI is InChI=1S/C11H19N3O/c1-8-5-6-10(15-4)9(7-8)11(13-12)14(2)3/h5-7,11,13H,12H2,1-4H3. The van der Waals surface area contributed by atoms with Crippen molar-refractivity contribution in [1.82, 2.24) is 10.3 Å². The Morgan fingerprint density at radius 3 is 2.53 bits per heavy atom. The van der Waals surface area contributed by atoms with Gasteiger partial charge in [0.1, 0.15) is 11.9 Å². The molecule has 4 nitrogen and oxygen atoms in total. The summed E-state index contributed by atoms with van der Waals surface area (Å²) in [5.74, 6) is 6.38. The summed E-state index contributed by atoms with van der Waals surface area (Å²) in [6, 6.07) is 6.05. The van der Waals surface area contributed by atoms with Crippen LogP contribution in [0.2, 0.25) is 0 Å². The summed E-state index contributed by atoms with van der Waals surface area (Å²) >= 11 is 0. The van der Waals surface area contributed by atoms with Gasteiger partial charge in [0.05, 0.1) is 7.11 Å². The lowest BCUT2D eigenvalue weighted by molar-refractivity contribution is 0.245. The van der Waals surface area contributed by atoms with E-state index in [2.05, 4.69) is 11.5 Å². The summed E-state index contributed by atoms with van der Waals surface area (Å²) in [6.07, 6.45) is -0.0418. The molecule has 0 aromatic heterocycles. The Hall–Kier alpha value is -1.10. The van der Waals surface area contributed by atoms with Gasteiger partial charge in [-0.05, 0) is 33.2 Å². The minimum atomic E-state index is -0.0418. The highest BCUT2D eigenvalue weighted by Crippen LogP contribution is 2.26. The van der Waals surface area contributed by atoms with Crippen molar-refractivity contribution in [3.05, 3.63) is 29.3 Å². The molecule has 0 saturated carbocycles. The zero-order valence-electron chi connectivity index (χ0n) is 9.74. The smallest absolute Gasteiger partial charge is 0.125 e. The first-order valence-corrected chi connectivity index (χ1v) is 4.87. The Labute approximate surface area is 91.0 Å². The summed E-state index contributed by atoms with van der Waals surface area (Å²) < 4.78 is 5.31. The molecule has 1 aromatic carbocycles. The quantitative estimate of drug-likeness (QED) is 0.442. The Bertz CT molecular complexity index is 326. The fourth-order valence-corrected chi connectivity index (χ4v) is 1.58. The molecule has 0 spiro atoms. The number of ether oxygens (including phenoxy) is 1. The SMILES string of the molecule is COc1ccc(C)cc1C(NN)N(C)C. The minimum Gasteiger partial charge on any atom is -0.496 e. The van der Waals surface area contributed by atoms with Crippen molar-refractivity contribution >= 4 is 0 Å². The molecule has 3 N–H and O–H groups in total. The van der Waals surface area contributed by atoms with Crippen LogP contribution in [-0.4, -0.2) is 26.1 Å². The number of hydrogen-bond acceptors (Lipinski definition) is 4. The zero-order valence-corrected chi connectivity index (χ0v) is 9.74. The average molecular weight is 209 g/mol. The third kappa shape index (κ3) is 2.68. The van der Waals surface area contributed by atoms with Crippen molar-refractivity contribution in [3.63, 3.8) is 0 Å². The van der Waals surface area contributed by atoms with Crippen LogP contribution in [0.25, 0.3) is 0 Å². The summed E-state index contributed by atoms with van der Waals surface area (Å²) in [5, 5.41) is 0. The molecule has 0 heterocycles. The molecule has 0 aliphatic rings. The lowest BCUT2D eigenvalue weighted by Crippen LogP contribution is -2.38. The first-order chi connectivity index (χ1) is 7.10. The predicted molar refractivity (Wildman–Crippen MR) is 61.5 cm³/mol. The number of rotatable bonds is 4. The Morgan fingerprint density at radius 1 is 1.40 bits per heavy atom. The third-order valence-electron chi connectivity index (χ3n) is 2.35. The van der Waals surface area contributed by atoms with E-state index in [1.54, 1.807) is 7.11 Å². The molecule has 0 amide bonds. The van der Waals surface area contributed by atoms with E-state index in [1.807, 2.05) is 38.1 Å². The molecule has 0 saturated heterocycles. The zero-order chi connectivity index (χ0) is 11.4. The fraction of sp³-hybridized carbons (Fsp3) is 0.455. The highest BCUT2D eigenvalue weighted by atomic mass is 16.5. The molecule has 0 aliphatic carbocycles. The van der Waals surface area contributed by atoms with E-state index in [4.69, 9.17) is 10.6 Å². The van der Waals surface area contributed by atoms with Crippen LogP contribution in [0.15, 0.2) is 18.2 Å². The highest BCUT2D eigenvalue weighted by Gasteiger charge is 2.16. The fourth-order valence-electron chi connectivity index (χ4n) is 1.58. The molecule has 84 valence electrons. The molecular formula is C11H19N3O. The molecule has 0 bridgehead atoms. The topological polar surface area (TPSA) is 50.5 Å². The molecule has 1 aromatic rings. The van der Waals surface area contributed by atoms with Crippen LogP contribution in [0.5, 0.6) is 5.75 Å². The van der Waals surface area contributed by atoms with Crippen molar-refractivity contribution in [2.75, 3.05) is 21.2 Å². The van der Waals surface area contributed by atoms with Gasteiger partial charge in [0.2, 0.25) is 0 Å². The minimum absolute atomic E-state index is 0.0418. The molecule has 1 unspecified atom stereocenters. The van der Waals surface area contributed by atoms with Crippen molar-refractivity contribution in [2.24, 2.45) is 5.84 Å². The first-order valence-electron chi connectivity index (χ1n) is 4.87. The van der Waals surface area contributed by atoms with Crippen LogP contribution in [0.4, 0.5) is 0 Å². The van der Waals surface area contributed by atoms with Gasteiger partial charge >= 0.3 is 0 Å². The van der Waals surface area contributed by atoms with Gasteiger partial charge in [-0.1, -0.05) is 11.6 Å². The van der Waals surface area contributed by atoms with Gasteiger partial charge in [-0.15, -0.1) is 0 Å². The first kappa shape index (κ1) is 12.0. The van der Waals surface area contributed by atoms with Crippen LogP contribution >= 0.6 is 0 Å². The van der Waals surface area contributed by atoms with E-state index < -0.39 is 0 Å². The van der Waals surface area contributed by atoms with Crippen molar-refractivity contribution in [3.8, 4) is 5.75 Å². The highest BCUT2D eigenvalue weighted by molar-refractivity contribution is 5.38. The lowest BCUT2D eigenvalue weighted by atomic mass is 10.1. The number of nitrogens with zero attached hydrogens (tertiary/aromatic N) is 1. The van der Waals surface area contributed by atoms with E-state index in [0.29, 0.717) is 0 Å². The lowest BCUT2D eigenvalue weighted by Gasteiger charge is -2.25. The summed E-state index contributed by atoms with van der Waals surface area (Å²) in [4.78, 5) is 2.00. The van der Waals surface area contributed by atoms with Gasteiger partial charge in [0, 0.05) is 5.56 Å². The summed E-state index contributed by atoms with van der Waals surface area (Å²) in [6.45, 7) is 2.05. The molecular weight excluding hydrogens is 190 g/mol. The largest absolute Gasteiger partial charge is 0.496 e. The normalized spacial score (nSPS) is 12.9. The number of methoxy groups -OCH3 is 1. The Balaban J connectivity index is 3.13. The van der Waals surface area contributed by atoms with Crippen LogP contribution in [0, 0.1) is 6.92 Å². The monoisotopic (exact) mass is 209 g/mol. The maximum Gasteiger partial charge on any atom is 0.125 e. The van der Waals surface area contributed by atoms with Gasteiger partial charge in [-0.2, -0.15) is 0 Å². The van der Waals surface area contributed by atoms with Gasteiger partial charge in [-0.25, -0.2) is 5.43 Å². The number of nitrogens with one attached hydrogen (secondary N) is 1. The Kier molecular flexibility index (Phi) is 4.08. The third-order valence-corrected chi connectivity index (χ3v) is 2.35. The van der Waals surface area contributed by atoms with Gasteiger partial charge < -0.3 is 4.74 Å². The molecule has 1 atom stereocenters. The van der Waals surface area contributed by atoms with Crippen LogP contribution in [0.1, 0.15) is 17.3 Å². The second-order valence-corrected chi connectivity index (χ2v) is 3.78. The van der Waals surface area contributed by atoms with Crippen LogP contribution in [0.3, 0.4) is 0 Å². The maximum atomic E-state index is 5.53. The molecule has 0 aliphatic heterocycles. The number of benzene rings is 1. The number of aryl methyl sites for hydroxylation is 1. The van der Waals surface area contributed by atoms with E-state index >= 15 is 0 Å². The Morgan fingerprint density at radius 2 is 2.07 bits per heavy atom. The molecule has 15 heavy (non-hydrogen) atoms. The predicted octanol–water partition coefficient (Wildman–Crippen LogP) is 1.03. The second kappa shape index (κ2) is 5.11. The van der Waals surface area contributed by atoms with Gasteiger partial charge in [0.15, 0.2) is 0 Å². The van der Waals surface area contributed by atoms with Gasteiger partial charge in [-0.3, -0.25) is 10.7 Å². The van der Waals surface area contributed by atoms with E-state index in [0.717, 1.165) is 11.3 Å². The molecule has 1 rings (SSSR count). The number of hydrogen-bond donors (Lipinski definition) is 2. The van der Waals surface area contributed by atoms with Crippen molar-refractivity contribution in [1.29, 1.82) is 0 Å². The molecule has 0 fully saturated rings. The van der Waals surface area contributed by atoms with E-state index in [1.165, 1.54) is 5.56 Å². The van der Waals surface area contributed by atoms with Crippen LogP contribution < -0.4 is 16.0 Å². The number of nitrogens with two attached hydrogens (primary N) is 1. The van der Waals surface area contributed by atoms with E-state index in [9.17, 15) is 0 Å². The van der Waals surface area contributed by atoms with Crippen molar-refractivity contribution in [2.45, 2.75) is 13.1 Å². The van der Waals surface area contributed by atoms with E-state index in [-0.39, 0.29) is 6.17 Å². The molecule has 4 heteroatoms. The summed E-state index contributed by atoms with van der Waals surface area (Å²) in [5.41, 5.74) is 5.00.